The minimum atomic E-state index is -1.61. The Morgan fingerprint density at radius 3 is 2.47 bits per heavy atom. The molecule has 1 fully saturated rings. The highest BCUT2D eigenvalue weighted by molar-refractivity contribution is 8.26. The Kier molecular flexibility index (Phi) is 5.99. The zero-order valence-electron chi connectivity index (χ0n) is 15.0. The van der Waals surface area contributed by atoms with Gasteiger partial charge in [-0.25, -0.2) is 4.79 Å². The number of benzene rings is 1. The number of thioether (sulfide) groups is 1. The maximum atomic E-state index is 12.7. The summed E-state index contributed by atoms with van der Waals surface area (Å²) in [5.41, 5.74) is 1.10. The number of carbonyl (C=O) groups excluding carboxylic acids is 1. The zero-order valence-corrected chi connectivity index (χ0v) is 16.6. The SMILES string of the molecule is O=C(O)CC(C(=O)O)N1C(=O)/C(=C/c2cccn2-c2ccc([N+](=O)[O-])cc2)SC1=S. The van der Waals surface area contributed by atoms with Gasteiger partial charge in [-0.15, -0.1) is 0 Å². The highest BCUT2D eigenvalue weighted by atomic mass is 32.2. The fraction of sp³-hybridized carbons (Fsp3) is 0.111. The van der Waals surface area contributed by atoms with E-state index < -0.39 is 35.2 Å². The van der Waals surface area contributed by atoms with Crippen LogP contribution in [0, 0.1) is 10.1 Å². The molecule has 1 amide bonds. The van der Waals surface area contributed by atoms with E-state index in [1.165, 1.54) is 18.2 Å². The molecule has 0 saturated carbocycles. The summed E-state index contributed by atoms with van der Waals surface area (Å²) in [5, 5.41) is 29.1. The Hall–Kier alpha value is -3.51. The number of thiocarbonyl (C=S) groups is 1. The van der Waals surface area contributed by atoms with Crippen molar-refractivity contribution in [3.05, 3.63) is 63.3 Å². The van der Waals surface area contributed by atoms with Crippen molar-refractivity contribution in [2.24, 2.45) is 0 Å². The molecule has 1 atom stereocenters. The lowest BCUT2D eigenvalue weighted by Gasteiger charge is -2.21. The van der Waals surface area contributed by atoms with Gasteiger partial charge in [-0.05, 0) is 30.3 Å². The number of aromatic nitrogens is 1. The number of nitro groups is 1. The first-order valence-electron chi connectivity index (χ1n) is 8.33. The van der Waals surface area contributed by atoms with E-state index in [9.17, 15) is 29.6 Å². The van der Waals surface area contributed by atoms with E-state index in [1.54, 1.807) is 35.0 Å². The predicted octanol–water partition coefficient (Wildman–Crippen LogP) is 2.51. The molecule has 2 aromatic rings. The summed E-state index contributed by atoms with van der Waals surface area (Å²) in [7, 11) is 0. The largest absolute Gasteiger partial charge is 0.481 e. The van der Waals surface area contributed by atoms with E-state index in [4.69, 9.17) is 17.3 Å². The number of nitrogens with zero attached hydrogens (tertiary/aromatic N) is 3. The van der Waals surface area contributed by atoms with Crippen LogP contribution in [0.2, 0.25) is 0 Å². The van der Waals surface area contributed by atoms with Crippen LogP contribution >= 0.6 is 24.0 Å². The standard InChI is InChI=1S/C18H13N3O7S2/c22-15(23)9-13(17(25)26)20-16(24)14(30-18(20)29)8-12-2-1-7-19(12)10-3-5-11(6-4-10)21(27)28/h1-8,13H,9H2,(H,22,23)(H,25,26)/b14-8-. The Bertz CT molecular complexity index is 1090. The molecular formula is C18H13N3O7S2. The molecule has 12 heteroatoms. The van der Waals surface area contributed by atoms with Gasteiger partial charge in [0.05, 0.1) is 16.2 Å². The van der Waals surface area contributed by atoms with E-state index in [0.29, 0.717) is 11.4 Å². The molecular weight excluding hydrogens is 434 g/mol. The Morgan fingerprint density at radius 1 is 1.23 bits per heavy atom. The zero-order chi connectivity index (χ0) is 22.0. The van der Waals surface area contributed by atoms with Crippen molar-refractivity contribution < 1.29 is 29.5 Å². The maximum Gasteiger partial charge on any atom is 0.327 e. The minimum absolute atomic E-state index is 0.0478. The van der Waals surface area contributed by atoms with Crippen LogP contribution in [0.3, 0.4) is 0 Å². The molecule has 2 N–H and O–H groups in total. The van der Waals surface area contributed by atoms with Gasteiger partial charge in [0.2, 0.25) is 0 Å². The van der Waals surface area contributed by atoms with Crippen molar-refractivity contribution in [3.63, 3.8) is 0 Å². The molecule has 1 saturated heterocycles. The summed E-state index contributed by atoms with van der Waals surface area (Å²) < 4.78 is 1.63. The van der Waals surface area contributed by atoms with Gasteiger partial charge in [-0.2, -0.15) is 0 Å². The molecule has 10 nitrogen and oxygen atoms in total. The van der Waals surface area contributed by atoms with Crippen molar-refractivity contribution in [1.29, 1.82) is 0 Å². The average molecular weight is 447 g/mol. The molecule has 0 bridgehead atoms. The van der Waals surface area contributed by atoms with E-state index in [2.05, 4.69) is 0 Å². The molecule has 0 spiro atoms. The third-order valence-electron chi connectivity index (χ3n) is 4.19. The van der Waals surface area contributed by atoms with Crippen molar-refractivity contribution in [3.8, 4) is 5.69 Å². The summed E-state index contributed by atoms with van der Waals surface area (Å²) in [6, 6.07) is 7.59. The fourth-order valence-corrected chi connectivity index (χ4v) is 4.16. The number of nitro benzene ring substituents is 1. The second-order valence-electron chi connectivity index (χ2n) is 6.08. The first-order valence-corrected chi connectivity index (χ1v) is 9.55. The Morgan fingerprint density at radius 2 is 1.90 bits per heavy atom. The average Bonchev–Trinajstić information content (AvgIpc) is 3.24. The number of amides is 1. The normalized spacial score (nSPS) is 16.1. The number of carboxylic acids is 2. The first kappa shape index (κ1) is 21.2. The summed E-state index contributed by atoms with van der Waals surface area (Å²) in [5.74, 6) is -3.54. The quantitative estimate of drug-likeness (QED) is 0.283. The van der Waals surface area contributed by atoms with Crippen LogP contribution in [0.15, 0.2) is 47.5 Å². The summed E-state index contributed by atoms with van der Waals surface area (Å²) in [6.45, 7) is 0. The first-order chi connectivity index (χ1) is 14.2. The molecule has 1 unspecified atom stereocenters. The second-order valence-corrected chi connectivity index (χ2v) is 7.76. The van der Waals surface area contributed by atoms with Gasteiger partial charge < -0.3 is 14.8 Å². The molecule has 0 radical (unpaired) electrons. The molecule has 1 aliphatic heterocycles. The molecule has 1 aromatic heterocycles. The maximum absolute atomic E-state index is 12.7. The third-order valence-corrected chi connectivity index (χ3v) is 5.52. The lowest BCUT2D eigenvalue weighted by molar-refractivity contribution is -0.384. The topological polar surface area (TPSA) is 143 Å². The van der Waals surface area contributed by atoms with Crippen molar-refractivity contribution in [2.75, 3.05) is 0 Å². The van der Waals surface area contributed by atoms with E-state index in [-0.39, 0.29) is 14.9 Å². The van der Waals surface area contributed by atoms with Gasteiger partial charge in [-0.1, -0.05) is 24.0 Å². The molecule has 3 rings (SSSR count). The van der Waals surface area contributed by atoms with Crippen LogP contribution in [-0.2, 0) is 14.4 Å². The lowest BCUT2D eigenvalue weighted by atomic mass is 10.2. The van der Waals surface area contributed by atoms with Crippen LogP contribution in [0.4, 0.5) is 5.69 Å². The fourth-order valence-electron chi connectivity index (χ4n) is 2.82. The molecule has 2 heterocycles. The van der Waals surface area contributed by atoms with E-state index in [1.807, 2.05) is 0 Å². The van der Waals surface area contributed by atoms with Crippen LogP contribution in [0.25, 0.3) is 11.8 Å². The van der Waals surface area contributed by atoms with E-state index in [0.717, 1.165) is 16.7 Å². The summed E-state index contributed by atoms with van der Waals surface area (Å²) in [6.07, 6.45) is 2.41. The number of carboxylic acid groups (broad SMARTS) is 2. The minimum Gasteiger partial charge on any atom is -0.481 e. The van der Waals surface area contributed by atoms with Crippen LogP contribution in [0.1, 0.15) is 12.1 Å². The molecule has 1 aliphatic rings. The number of rotatable bonds is 7. The number of aliphatic carboxylic acids is 2. The molecule has 0 aliphatic carbocycles. The summed E-state index contributed by atoms with van der Waals surface area (Å²) >= 11 is 5.98. The molecule has 30 heavy (non-hydrogen) atoms. The highest BCUT2D eigenvalue weighted by Gasteiger charge is 2.41. The van der Waals surface area contributed by atoms with Crippen molar-refractivity contribution in [2.45, 2.75) is 12.5 Å². The number of non-ortho nitro benzene ring substituents is 1. The Balaban J connectivity index is 1.92. The van der Waals surface area contributed by atoms with Gasteiger partial charge in [0, 0.05) is 29.7 Å². The van der Waals surface area contributed by atoms with Gasteiger partial charge in [0.1, 0.15) is 10.4 Å². The van der Waals surface area contributed by atoms with Crippen molar-refractivity contribution in [1.82, 2.24) is 9.47 Å². The van der Waals surface area contributed by atoms with Gasteiger partial charge in [-0.3, -0.25) is 24.6 Å². The molecule has 1 aromatic carbocycles. The summed E-state index contributed by atoms with van der Waals surface area (Å²) in [4.78, 5) is 46.4. The predicted molar refractivity (Wildman–Crippen MR) is 111 cm³/mol. The van der Waals surface area contributed by atoms with Gasteiger partial charge in [0.15, 0.2) is 0 Å². The third kappa shape index (κ3) is 4.23. The highest BCUT2D eigenvalue weighted by Crippen LogP contribution is 2.35. The van der Waals surface area contributed by atoms with E-state index >= 15 is 0 Å². The van der Waals surface area contributed by atoms with Crippen molar-refractivity contribution >= 4 is 57.9 Å². The van der Waals surface area contributed by atoms with Crippen LogP contribution < -0.4 is 0 Å². The number of hydrogen-bond donors (Lipinski definition) is 2. The van der Waals surface area contributed by atoms with Gasteiger partial charge in [0.25, 0.3) is 11.6 Å². The monoisotopic (exact) mass is 447 g/mol. The molecule has 154 valence electrons. The van der Waals surface area contributed by atoms with Crippen LogP contribution in [0.5, 0.6) is 0 Å². The Labute approximate surface area is 178 Å². The van der Waals surface area contributed by atoms with Gasteiger partial charge >= 0.3 is 11.9 Å². The van der Waals surface area contributed by atoms with Crippen LogP contribution in [-0.4, -0.2) is 52.8 Å². The smallest absolute Gasteiger partial charge is 0.327 e. The lowest BCUT2D eigenvalue weighted by Crippen LogP contribution is -2.45. The number of carbonyl (C=O) groups is 3. The number of hydrogen-bond acceptors (Lipinski definition) is 7. The second kappa shape index (κ2) is 8.47.